The lowest BCUT2D eigenvalue weighted by atomic mass is 9.85. The Morgan fingerprint density at radius 1 is 1.08 bits per heavy atom. The number of hydrogen-bond acceptors (Lipinski definition) is 6. The van der Waals surface area contributed by atoms with Crippen molar-refractivity contribution in [3.05, 3.63) is 34.0 Å². The number of sulfonamides is 1. The van der Waals surface area contributed by atoms with E-state index in [0.29, 0.717) is 16.5 Å². The number of nitrogens with one attached hydrogen (secondary N) is 2. The number of rotatable bonds is 8. The minimum atomic E-state index is -3.68. The topological polar surface area (TPSA) is 108 Å². The first-order valence-corrected chi connectivity index (χ1v) is 15.0. The van der Waals surface area contributed by atoms with Crippen molar-refractivity contribution in [2.45, 2.75) is 103 Å². The Bertz CT molecular complexity index is 1200. The van der Waals surface area contributed by atoms with Crippen LogP contribution in [0, 0.1) is 19.8 Å². The van der Waals surface area contributed by atoms with Gasteiger partial charge in [-0.25, -0.2) is 18.1 Å². The summed E-state index contributed by atoms with van der Waals surface area (Å²) in [4.78, 5) is 18.8. The van der Waals surface area contributed by atoms with E-state index in [1.54, 1.807) is 19.9 Å². The fraction of sp³-hybridized carbons (Fsp3) is 0.630. The molecule has 0 atom stereocenters. The molecule has 1 saturated carbocycles. The van der Waals surface area contributed by atoms with Gasteiger partial charge in [-0.05, 0) is 83.6 Å². The third kappa shape index (κ3) is 7.37. The summed E-state index contributed by atoms with van der Waals surface area (Å²) in [6, 6.07) is 3.50. The van der Waals surface area contributed by atoms with Crippen molar-refractivity contribution in [3.8, 4) is 10.4 Å². The van der Waals surface area contributed by atoms with Crippen molar-refractivity contribution >= 4 is 27.3 Å². The van der Waals surface area contributed by atoms with E-state index in [-0.39, 0.29) is 17.3 Å². The zero-order valence-corrected chi connectivity index (χ0v) is 24.3. The number of benzene rings is 1. The lowest BCUT2D eigenvalue weighted by Gasteiger charge is -2.23. The van der Waals surface area contributed by atoms with Gasteiger partial charge in [-0.2, -0.15) is 0 Å². The van der Waals surface area contributed by atoms with Crippen LogP contribution in [0.4, 0.5) is 0 Å². The predicted molar refractivity (Wildman–Crippen MR) is 146 cm³/mol. The van der Waals surface area contributed by atoms with Crippen LogP contribution in [-0.4, -0.2) is 42.1 Å². The summed E-state index contributed by atoms with van der Waals surface area (Å²) in [6.45, 7) is 12.6. The van der Waals surface area contributed by atoms with Crippen LogP contribution in [-0.2, 0) is 16.4 Å². The number of hydrogen-bond donors (Lipinski definition) is 3. The van der Waals surface area contributed by atoms with E-state index < -0.39 is 21.2 Å². The lowest BCUT2D eigenvalue weighted by molar-refractivity contribution is 0.0694. The first kappa shape index (κ1) is 28.8. The monoisotopic (exact) mass is 535 g/mol. The summed E-state index contributed by atoms with van der Waals surface area (Å²) >= 11 is 1.34. The van der Waals surface area contributed by atoms with Crippen molar-refractivity contribution in [2.75, 3.05) is 6.54 Å². The number of thiazole rings is 1. The van der Waals surface area contributed by atoms with Gasteiger partial charge >= 0.3 is 0 Å². The maximum Gasteiger partial charge on any atom is 0.280 e. The van der Waals surface area contributed by atoms with Gasteiger partial charge < -0.3 is 10.4 Å². The number of amides is 1. The number of aliphatic hydroxyl groups is 1. The van der Waals surface area contributed by atoms with Gasteiger partial charge in [0.15, 0.2) is 5.01 Å². The van der Waals surface area contributed by atoms with Crippen LogP contribution < -0.4 is 10.0 Å². The minimum Gasteiger partial charge on any atom is -0.389 e. The summed E-state index contributed by atoms with van der Waals surface area (Å²) in [5, 5.41) is 13.2. The van der Waals surface area contributed by atoms with Gasteiger partial charge in [0.05, 0.1) is 21.1 Å². The molecule has 0 spiro atoms. The first-order valence-electron chi connectivity index (χ1n) is 12.7. The first-order chi connectivity index (χ1) is 16.6. The Morgan fingerprint density at radius 3 is 2.31 bits per heavy atom. The molecule has 3 N–H and O–H groups in total. The minimum absolute atomic E-state index is 0.129. The molecule has 0 radical (unpaired) electrons. The summed E-state index contributed by atoms with van der Waals surface area (Å²) in [5.41, 5.74) is 1.75. The lowest BCUT2D eigenvalue weighted by Crippen LogP contribution is -2.40. The molecule has 0 bridgehead atoms. The number of carbonyl (C=O) groups is 1. The van der Waals surface area contributed by atoms with Crippen LogP contribution >= 0.6 is 11.3 Å². The highest BCUT2D eigenvalue weighted by Crippen LogP contribution is 2.38. The van der Waals surface area contributed by atoms with E-state index in [2.05, 4.69) is 10.0 Å². The standard InChI is InChI=1S/C27H41N3O4S2/c1-17-18(2)22(36(33,34)30-26(3,4)5)14-13-20(17)23-21(15-19-11-9-8-10-12-19)29-25(35-23)24(31)28-16-27(6,7)32/h13-14,19,30,32H,8-12,15-16H2,1-7H3,(H,28,31). The quantitative estimate of drug-likeness (QED) is 0.434. The molecule has 1 amide bonds. The molecule has 1 aromatic carbocycles. The maximum absolute atomic E-state index is 13.1. The van der Waals surface area contributed by atoms with E-state index in [1.165, 1.54) is 30.6 Å². The highest BCUT2D eigenvalue weighted by molar-refractivity contribution is 7.89. The highest BCUT2D eigenvalue weighted by atomic mass is 32.2. The van der Waals surface area contributed by atoms with Crippen molar-refractivity contribution in [3.63, 3.8) is 0 Å². The molecule has 200 valence electrons. The Labute approximate surface area is 220 Å². The molecule has 1 fully saturated rings. The average molecular weight is 536 g/mol. The fourth-order valence-electron chi connectivity index (χ4n) is 4.63. The summed E-state index contributed by atoms with van der Waals surface area (Å²) in [6.07, 6.45) is 6.81. The van der Waals surface area contributed by atoms with Gasteiger partial charge in [0.2, 0.25) is 10.0 Å². The molecule has 3 rings (SSSR count). The van der Waals surface area contributed by atoms with Crippen molar-refractivity contribution in [1.82, 2.24) is 15.0 Å². The molecular weight excluding hydrogens is 494 g/mol. The summed E-state index contributed by atoms with van der Waals surface area (Å²) in [5.74, 6) is 0.227. The molecular formula is C27H41N3O4S2. The van der Waals surface area contributed by atoms with Crippen molar-refractivity contribution in [2.24, 2.45) is 5.92 Å². The highest BCUT2D eigenvalue weighted by Gasteiger charge is 2.27. The predicted octanol–water partition coefficient (Wildman–Crippen LogP) is 5.13. The SMILES string of the molecule is Cc1c(-c2sc(C(=O)NCC(C)(C)O)nc2CC2CCCCC2)ccc(S(=O)(=O)NC(C)(C)C)c1C. The Balaban J connectivity index is 2.02. The van der Waals surface area contributed by atoms with Crippen LogP contribution in [0.5, 0.6) is 0 Å². The second-order valence-electron chi connectivity index (χ2n) is 11.7. The molecule has 36 heavy (non-hydrogen) atoms. The normalized spacial score (nSPS) is 15.8. The van der Waals surface area contributed by atoms with Crippen LogP contribution in [0.25, 0.3) is 10.4 Å². The zero-order chi connectivity index (χ0) is 26.9. The summed E-state index contributed by atoms with van der Waals surface area (Å²) in [7, 11) is -3.68. The van der Waals surface area contributed by atoms with Gasteiger partial charge in [-0.15, -0.1) is 11.3 Å². The third-order valence-corrected chi connectivity index (χ3v) is 9.52. The molecule has 0 aliphatic heterocycles. The van der Waals surface area contributed by atoms with E-state index in [1.807, 2.05) is 40.7 Å². The molecule has 1 aliphatic rings. The fourth-order valence-corrected chi connectivity index (χ4v) is 7.44. The van der Waals surface area contributed by atoms with E-state index in [0.717, 1.165) is 41.0 Å². The molecule has 1 aromatic heterocycles. The van der Waals surface area contributed by atoms with Crippen molar-refractivity contribution in [1.29, 1.82) is 0 Å². The van der Waals surface area contributed by atoms with Crippen LogP contribution in [0.2, 0.25) is 0 Å². The Hall–Kier alpha value is -1.81. The molecule has 2 aromatic rings. The van der Waals surface area contributed by atoms with Crippen LogP contribution in [0.1, 0.15) is 93.3 Å². The van der Waals surface area contributed by atoms with Gasteiger partial charge in [0.1, 0.15) is 0 Å². The molecule has 1 aliphatic carbocycles. The van der Waals surface area contributed by atoms with Gasteiger partial charge in [0, 0.05) is 12.1 Å². The maximum atomic E-state index is 13.1. The Kier molecular flexibility index (Phi) is 8.70. The summed E-state index contributed by atoms with van der Waals surface area (Å²) < 4.78 is 28.8. The largest absolute Gasteiger partial charge is 0.389 e. The number of aromatic nitrogens is 1. The molecule has 1 heterocycles. The average Bonchev–Trinajstić information content (AvgIpc) is 3.15. The van der Waals surface area contributed by atoms with Gasteiger partial charge in [0.25, 0.3) is 5.91 Å². The second-order valence-corrected chi connectivity index (χ2v) is 14.4. The molecule has 0 saturated heterocycles. The van der Waals surface area contributed by atoms with Crippen LogP contribution in [0.3, 0.4) is 0 Å². The molecule has 9 heteroatoms. The van der Waals surface area contributed by atoms with Crippen molar-refractivity contribution < 1.29 is 18.3 Å². The van der Waals surface area contributed by atoms with E-state index >= 15 is 0 Å². The number of nitrogens with zero attached hydrogens (tertiary/aromatic N) is 1. The molecule has 7 nitrogen and oxygen atoms in total. The Morgan fingerprint density at radius 2 is 1.72 bits per heavy atom. The second kappa shape index (κ2) is 10.9. The molecule has 0 unspecified atom stereocenters. The zero-order valence-electron chi connectivity index (χ0n) is 22.6. The van der Waals surface area contributed by atoms with Gasteiger partial charge in [-0.3, -0.25) is 4.79 Å². The number of carbonyl (C=O) groups excluding carboxylic acids is 1. The van der Waals surface area contributed by atoms with E-state index in [4.69, 9.17) is 4.98 Å². The van der Waals surface area contributed by atoms with Gasteiger partial charge in [-0.1, -0.05) is 38.2 Å². The van der Waals surface area contributed by atoms with E-state index in [9.17, 15) is 18.3 Å². The third-order valence-electron chi connectivity index (χ3n) is 6.49. The smallest absolute Gasteiger partial charge is 0.280 e. The van der Waals surface area contributed by atoms with Crippen LogP contribution in [0.15, 0.2) is 17.0 Å².